The van der Waals surface area contributed by atoms with Crippen molar-refractivity contribution in [2.24, 2.45) is 0 Å². The quantitative estimate of drug-likeness (QED) is 0.645. The minimum Gasteiger partial charge on any atom is -0.377 e. The molecule has 4 heteroatoms. The van der Waals surface area contributed by atoms with Crippen molar-refractivity contribution in [3.05, 3.63) is 0 Å². The van der Waals surface area contributed by atoms with E-state index < -0.39 is 0 Å². The minimum atomic E-state index is -0.167. The number of ether oxygens (including phenoxy) is 1. The van der Waals surface area contributed by atoms with Crippen LogP contribution in [0.15, 0.2) is 0 Å². The summed E-state index contributed by atoms with van der Waals surface area (Å²) < 4.78 is 5.22. The van der Waals surface area contributed by atoms with Crippen molar-refractivity contribution in [3.8, 4) is 0 Å². The molecule has 0 atom stereocenters. The first-order valence-electron chi connectivity index (χ1n) is 4.08. The van der Waals surface area contributed by atoms with Crippen molar-refractivity contribution in [2.45, 2.75) is 26.4 Å². The first-order valence-corrected chi connectivity index (χ1v) is 4.49. The van der Waals surface area contributed by atoms with Gasteiger partial charge in [0, 0.05) is 20.2 Å². The van der Waals surface area contributed by atoms with Crippen LogP contribution < -0.4 is 10.6 Å². The standard InChI is InChI=1S/C8H18N2OS/c1-5-9-7(12)10-6-8(2,3)11-4/h5-6H2,1-4H3,(H2,9,10,12). The zero-order chi connectivity index (χ0) is 9.61. The summed E-state index contributed by atoms with van der Waals surface area (Å²) in [6.45, 7) is 7.59. The van der Waals surface area contributed by atoms with Crippen LogP contribution in [-0.4, -0.2) is 30.9 Å². The molecule has 0 aromatic heterocycles. The van der Waals surface area contributed by atoms with Gasteiger partial charge < -0.3 is 15.4 Å². The highest BCUT2D eigenvalue weighted by molar-refractivity contribution is 7.80. The van der Waals surface area contributed by atoms with Crippen LogP contribution in [0.3, 0.4) is 0 Å². The third kappa shape index (κ3) is 5.32. The largest absolute Gasteiger partial charge is 0.377 e. The second-order valence-corrected chi connectivity index (χ2v) is 3.59. The lowest BCUT2D eigenvalue weighted by atomic mass is 10.1. The molecular formula is C8H18N2OS. The van der Waals surface area contributed by atoms with Crippen LogP contribution >= 0.6 is 12.2 Å². The second kappa shape index (κ2) is 5.32. The molecule has 72 valence electrons. The average Bonchev–Trinajstić information content (AvgIpc) is 2.02. The molecule has 0 saturated carbocycles. The fourth-order valence-corrected chi connectivity index (χ4v) is 0.805. The lowest BCUT2D eigenvalue weighted by Crippen LogP contribution is -2.44. The molecule has 0 fully saturated rings. The van der Waals surface area contributed by atoms with Gasteiger partial charge in [-0.3, -0.25) is 0 Å². The molecule has 0 aromatic carbocycles. The van der Waals surface area contributed by atoms with Gasteiger partial charge in [0.25, 0.3) is 0 Å². The maximum atomic E-state index is 5.22. The van der Waals surface area contributed by atoms with Crippen molar-refractivity contribution in [3.63, 3.8) is 0 Å². The average molecular weight is 190 g/mol. The van der Waals surface area contributed by atoms with E-state index in [1.807, 2.05) is 20.8 Å². The summed E-state index contributed by atoms with van der Waals surface area (Å²) in [4.78, 5) is 0. The molecule has 0 saturated heterocycles. The van der Waals surface area contributed by atoms with Crippen LogP contribution in [0, 0.1) is 0 Å². The van der Waals surface area contributed by atoms with E-state index in [2.05, 4.69) is 10.6 Å². The second-order valence-electron chi connectivity index (χ2n) is 3.18. The van der Waals surface area contributed by atoms with E-state index in [0.29, 0.717) is 5.11 Å². The first-order chi connectivity index (χ1) is 5.52. The Labute approximate surface area is 79.9 Å². The molecule has 0 bridgehead atoms. The molecule has 0 spiro atoms. The van der Waals surface area contributed by atoms with Crippen LogP contribution in [0.4, 0.5) is 0 Å². The molecule has 12 heavy (non-hydrogen) atoms. The topological polar surface area (TPSA) is 33.3 Å². The van der Waals surface area contributed by atoms with Crippen molar-refractivity contribution in [2.75, 3.05) is 20.2 Å². The van der Waals surface area contributed by atoms with Crippen molar-refractivity contribution < 1.29 is 4.74 Å². The van der Waals surface area contributed by atoms with Gasteiger partial charge in [0.2, 0.25) is 0 Å². The van der Waals surface area contributed by atoms with Gasteiger partial charge in [-0.25, -0.2) is 0 Å². The smallest absolute Gasteiger partial charge is 0.166 e. The molecule has 0 heterocycles. The van der Waals surface area contributed by atoms with E-state index >= 15 is 0 Å². The van der Waals surface area contributed by atoms with Crippen LogP contribution in [-0.2, 0) is 4.74 Å². The number of rotatable bonds is 4. The van der Waals surface area contributed by atoms with Gasteiger partial charge in [-0.2, -0.15) is 0 Å². The van der Waals surface area contributed by atoms with Gasteiger partial charge >= 0.3 is 0 Å². The predicted molar refractivity (Wildman–Crippen MR) is 55.4 cm³/mol. The Morgan fingerprint density at radius 1 is 1.42 bits per heavy atom. The van der Waals surface area contributed by atoms with Crippen molar-refractivity contribution >= 4 is 17.3 Å². The Morgan fingerprint density at radius 2 is 2.00 bits per heavy atom. The van der Waals surface area contributed by atoms with Gasteiger partial charge in [-0.1, -0.05) is 0 Å². The maximum absolute atomic E-state index is 5.22. The molecule has 0 aliphatic carbocycles. The first kappa shape index (κ1) is 11.6. The van der Waals surface area contributed by atoms with E-state index in [0.717, 1.165) is 13.1 Å². The predicted octanol–water partition coefficient (Wildman–Crippen LogP) is 0.895. The molecule has 0 rings (SSSR count). The van der Waals surface area contributed by atoms with E-state index in [1.54, 1.807) is 7.11 Å². The Hall–Kier alpha value is -0.350. The zero-order valence-electron chi connectivity index (χ0n) is 8.23. The minimum absolute atomic E-state index is 0.167. The molecule has 0 radical (unpaired) electrons. The van der Waals surface area contributed by atoms with Crippen LogP contribution in [0.2, 0.25) is 0 Å². The fraction of sp³-hybridized carbons (Fsp3) is 0.875. The Balaban J connectivity index is 3.60. The number of methoxy groups -OCH3 is 1. The Morgan fingerprint density at radius 3 is 2.42 bits per heavy atom. The number of thiocarbonyl (C=S) groups is 1. The van der Waals surface area contributed by atoms with Crippen molar-refractivity contribution in [1.82, 2.24) is 10.6 Å². The summed E-state index contributed by atoms with van der Waals surface area (Å²) in [5.74, 6) is 0. The maximum Gasteiger partial charge on any atom is 0.166 e. The van der Waals surface area contributed by atoms with Crippen LogP contribution in [0.5, 0.6) is 0 Å². The zero-order valence-corrected chi connectivity index (χ0v) is 9.05. The summed E-state index contributed by atoms with van der Waals surface area (Å²) in [6.07, 6.45) is 0. The normalized spacial score (nSPS) is 11.0. The van der Waals surface area contributed by atoms with E-state index in [1.165, 1.54) is 0 Å². The summed E-state index contributed by atoms with van der Waals surface area (Å²) in [5, 5.41) is 6.76. The molecule has 2 N–H and O–H groups in total. The third-order valence-electron chi connectivity index (χ3n) is 1.56. The summed E-state index contributed by atoms with van der Waals surface area (Å²) in [7, 11) is 1.69. The van der Waals surface area contributed by atoms with E-state index in [9.17, 15) is 0 Å². The highest BCUT2D eigenvalue weighted by Crippen LogP contribution is 2.04. The monoisotopic (exact) mass is 190 g/mol. The molecule has 3 nitrogen and oxygen atoms in total. The molecular weight excluding hydrogens is 172 g/mol. The van der Waals surface area contributed by atoms with E-state index in [-0.39, 0.29) is 5.60 Å². The summed E-state index contributed by atoms with van der Waals surface area (Å²) in [6, 6.07) is 0. The Kier molecular flexibility index (Phi) is 5.17. The van der Waals surface area contributed by atoms with Gasteiger partial charge in [0.15, 0.2) is 5.11 Å². The highest BCUT2D eigenvalue weighted by atomic mass is 32.1. The van der Waals surface area contributed by atoms with Gasteiger partial charge in [-0.05, 0) is 33.0 Å². The van der Waals surface area contributed by atoms with Crippen molar-refractivity contribution in [1.29, 1.82) is 0 Å². The van der Waals surface area contributed by atoms with E-state index in [4.69, 9.17) is 17.0 Å². The number of hydrogen-bond acceptors (Lipinski definition) is 2. The molecule has 0 unspecified atom stereocenters. The third-order valence-corrected chi connectivity index (χ3v) is 1.85. The SMILES string of the molecule is CCNC(=S)NCC(C)(C)OC. The molecule has 0 aliphatic rings. The summed E-state index contributed by atoms with van der Waals surface area (Å²) in [5.41, 5.74) is -0.167. The molecule has 0 aromatic rings. The van der Waals surface area contributed by atoms with Gasteiger partial charge in [-0.15, -0.1) is 0 Å². The lowest BCUT2D eigenvalue weighted by Gasteiger charge is -2.23. The fourth-order valence-electron chi connectivity index (χ4n) is 0.588. The van der Waals surface area contributed by atoms with Gasteiger partial charge in [0.1, 0.15) is 0 Å². The van der Waals surface area contributed by atoms with Crippen LogP contribution in [0.1, 0.15) is 20.8 Å². The van der Waals surface area contributed by atoms with Gasteiger partial charge in [0.05, 0.1) is 5.60 Å². The van der Waals surface area contributed by atoms with Crippen LogP contribution in [0.25, 0.3) is 0 Å². The summed E-state index contributed by atoms with van der Waals surface area (Å²) >= 11 is 4.99. The number of nitrogens with one attached hydrogen (secondary N) is 2. The molecule has 0 aliphatic heterocycles. The lowest BCUT2D eigenvalue weighted by molar-refractivity contribution is 0.0270. The number of hydrogen-bond donors (Lipinski definition) is 2. The molecule has 0 amide bonds. The Bertz CT molecular complexity index is 148. The highest BCUT2D eigenvalue weighted by Gasteiger charge is 2.15.